The minimum atomic E-state index is -0.599. The first-order valence-electron chi connectivity index (χ1n) is 10.0. The lowest BCUT2D eigenvalue weighted by Gasteiger charge is -2.25. The van der Waals surface area contributed by atoms with Crippen molar-refractivity contribution in [2.24, 2.45) is 10.2 Å². The molecule has 0 saturated carbocycles. The van der Waals surface area contributed by atoms with E-state index in [1.54, 1.807) is 6.21 Å². The lowest BCUT2D eigenvalue weighted by Crippen LogP contribution is -2.19. The van der Waals surface area contributed by atoms with E-state index in [0.717, 1.165) is 40.5 Å². The monoisotopic (exact) mass is 456 g/mol. The molecule has 33 heavy (non-hydrogen) atoms. The molecule has 8 heteroatoms. The maximum absolute atomic E-state index is 11.9. The fourth-order valence-electron chi connectivity index (χ4n) is 3.10. The average molecular weight is 457 g/mol. The van der Waals surface area contributed by atoms with Gasteiger partial charge in [-0.25, -0.2) is 4.79 Å². The molecule has 0 aliphatic carbocycles. The van der Waals surface area contributed by atoms with Crippen molar-refractivity contribution in [1.29, 1.82) is 0 Å². The van der Waals surface area contributed by atoms with Crippen LogP contribution in [0.4, 0.5) is 17.1 Å². The summed E-state index contributed by atoms with van der Waals surface area (Å²) < 4.78 is 4.54. The summed E-state index contributed by atoms with van der Waals surface area (Å²) in [5, 5.41) is 10.9. The van der Waals surface area contributed by atoms with E-state index in [-0.39, 0.29) is 4.91 Å². The van der Waals surface area contributed by atoms with Crippen molar-refractivity contribution in [2.45, 2.75) is 0 Å². The number of hydrogen-bond acceptors (Lipinski definition) is 7. The van der Waals surface area contributed by atoms with Gasteiger partial charge >= 0.3 is 5.97 Å². The van der Waals surface area contributed by atoms with Crippen LogP contribution in [-0.4, -0.2) is 30.4 Å². The van der Waals surface area contributed by atoms with Gasteiger partial charge in [-0.3, -0.25) is 10.1 Å². The predicted molar refractivity (Wildman–Crippen MR) is 132 cm³/mol. The van der Waals surface area contributed by atoms with Gasteiger partial charge < -0.3 is 9.64 Å². The maximum atomic E-state index is 11.9. The van der Waals surface area contributed by atoms with E-state index < -0.39 is 11.9 Å². The molecular weight excluding hydrogens is 436 g/mol. The highest BCUT2D eigenvalue weighted by atomic mass is 32.2. The second kappa shape index (κ2) is 10.4. The van der Waals surface area contributed by atoms with Crippen molar-refractivity contribution in [3.05, 3.63) is 101 Å². The quantitative estimate of drug-likeness (QED) is 0.250. The number of amides is 1. The summed E-state index contributed by atoms with van der Waals surface area (Å²) in [6, 6.07) is 28.2. The van der Waals surface area contributed by atoms with Crippen molar-refractivity contribution in [2.75, 3.05) is 12.0 Å². The van der Waals surface area contributed by atoms with Gasteiger partial charge in [0.25, 0.3) is 5.91 Å². The Kier molecular flexibility index (Phi) is 6.96. The van der Waals surface area contributed by atoms with Crippen molar-refractivity contribution >= 4 is 52.1 Å². The summed E-state index contributed by atoms with van der Waals surface area (Å²) in [4.78, 5) is 25.5. The molecule has 1 N–H and O–H groups in total. The molecule has 4 rings (SSSR count). The van der Waals surface area contributed by atoms with Crippen LogP contribution in [0.2, 0.25) is 0 Å². The normalized spacial score (nSPS) is 15.7. The molecule has 3 aromatic rings. The summed E-state index contributed by atoms with van der Waals surface area (Å²) >= 11 is 1.03. The number of nitrogens with zero attached hydrogens (tertiary/aromatic N) is 3. The third kappa shape index (κ3) is 5.55. The number of hydrogen-bond donors (Lipinski definition) is 1. The van der Waals surface area contributed by atoms with Gasteiger partial charge in [0, 0.05) is 23.1 Å². The highest BCUT2D eigenvalue weighted by Crippen LogP contribution is 2.33. The van der Waals surface area contributed by atoms with Gasteiger partial charge in [0.2, 0.25) is 0 Å². The number of carbonyl (C=O) groups excluding carboxylic acids is 2. The van der Waals surface area contributed by atoms with Crippen LogP contribution in [0.25, 0.3) is 0 Å². The summed E-state index contributed by atoms with van der Waals surface area (Å²) in [7, 11) is 1.25. The van der Waals surface area contributed by atoms with E-state index in [4.69, 9.17) is 0 Å². The first kappa shape index (κ1) is 22.0. The van der Waals surface area contributed by atoms with Gasteiger partial charge in [-0.15, -0.1) is 5.10 Å². The van der Waals surface area contributed by atoms with E-state index in [1.807, 2.05) is 60.7 Å². The first-order chi connectivity index (χ1) is 16.1. The number of thioether (sulfide) groups is 1. The number of para-hydroxylation sites is 2. The fourth-order valence-corrected chi connectivity index (χ4v) is 3.84. The number of methoxy groups -OCH3 is 1. The topological polar surface area (TPSA) is 83.4 Å². The standard InChI is InChI=1S/C25H20N4O3S/c1-32-23(30)16-22-24(31)27-25(33-22)28-26-17-18-12-14-21(15-13-18)29(19-8-4-2-5-9-19)20-10-6-3-7-11-20/h2-17H,1H3,(H,27,28,31)/b22-16+,26-17?. The van der Waals surface area contributed by atoms with Gasteiger partial charge in [-0.1, -0.05) is 48.5 Å². The minimum Gasteiger partial charge on any atom is -0.466 e. The van der Waals surface area contributed by atoms with Crippen LogP contribution in [0, 0.1) is 0 Å². The predicted octanol–water partition coefficient (Wildman–Crippen LogP) is 4.77. The molecule has 0 unspecified atom stereocenters. The zero-order valence-electron chi connectivity index (χ0n) is 17.7. The second-order valence-electron chi connectivity index (χ2n) is 6.84. The molecule has 1 aliphatic rings. The van der Waals surface area contributed by atoms with Gasteiger partial charge in [-0.05, 0) is 53.7 Å². The van der Waals surface area contributed by atoms with E-state index in [0.29, 0.717) is 5.17 Å². The highest BCUT2D eigenvalue weighted by molar-refractivity contribution is 8.18. The third-order valence-electron chi connectivity index (χ3n) is 4.64. The first-order valence-corrected chi connectivity index (χ1v) is 10.9. The van der Waals surface area contributed by atoms with Crippen molar-refractivity contribution in [3.8, 4) is 0 Å². The van der Waals surface area contributed by atoms with E-state index in [9.17, 15) is 9.59 Å². The molecule has 0 radical (unpaired) electrons. The Balaban J connectivity index is 1.50. The van der Waals surface area contributed by atoms with E-state index in [1.165, 1.54) is 7.11 Å². The van der Waals surface area contributed by atoms with Crippen molar-refractivity contribution in [3.63, 3.8) is 0 Å². The Labute approximate surface area is 195 Å². The lowest BCUT2D eigenvalue weighted by atomic mass is 10.1. The van der Waals surface area contributed by atoms with Gasteiger partial charge in [0.1, 0.15) is 0 Å². The van der Waals surface area contributed by atoms with Crippen LogP contribution in [0.15, 0.2) is 106 Å². The Bertz CT molecular complexity index is 1180. The van der Waals surface area contributed by atoms with Crippen LogP contribution in [0.5, 0.6) is 0 Å². The fraction of sp³-hybridized carbons (Fsp3) is 0.0400. The average Bonchev–Trinajstić information content (AvgIpc) is 3.20. The number of esters is 1. The van der Waals surface area contributed by atoms with E-state index >= 15 is 0 Å². The van der Waals surface area contributed by atoms with Crippen LogP contribution < -0.4 is 10.2 Å². The molecule has 1 fully saturated rings. The maximum Gasteiger partial charge on any atom is 0.331 e. The summed E-state index contributed by atoms with van der Waals surface area (Å²) in [6.45, 7) is 0. The van der Waals surface area contributed by atoms with Crippen LogP contribution >= 0.6 is 11.8 Å². The van der Waals surface area contributed by atoms with Gasteiger partial charge in [-0.2, -0.15) is 5.10 Å². The molecule has 0 bridgehead atoms. The molecule has 164 valence electrons. The Hall–Kier alpha value is -4.17. The number of benzene rings is 3. The Morgan fingerprint density at radius 3 is 2.06 bits per heavy atom. The molecular formula is C25H20N4O3S. The SMILES string of the molecule is COC(=O)/C=C1/S/C(=N\N=Cc2ccc(N(c3ccccc3)c3ccccc3)cc2)NC1=O. The van der Waals surface area contributed by atoms with Crippen LogP contribution in [0.3, 0.4) is 0 Å². The molecule has 0 aromatic heterocycles. The van der Waals surface area contributed by atoms with Crippen LogP contribution in [0.1, 0.15) is 5.56 Å². The third-order valence-corrected chi connectivity index (χ3v) is 5.54. The molecule has 7 nitrogen and oxygen atoms in total. The number of rotatable bonds is 6. The molecule has 0 spiro atoms. The van der Waals surface area contributed by atoms with E-state index in [2.05, 4.69) is 49.4 Å². The summed E-state index contributed by atoms with van der Waals surface area (Å²) in [5.74, 6) is -1.01. The van der Waals surface area contributed by atoms with Crippen LogP contribution in [-0.2, 0) is 14.3 Å². The number of ether oxygens (including phenoxy) is 1. The largest absolute Gasteiger partial charge is 0.466 e. The minimum absolute atomic E-state index is 0.210. The smallest absolute Gasteiger partial charge is 0.331 e. The molecule has 0 atom stereocenters. The summed E-state index contributed by atoms with van der Waals surface area (Å²) in [5.41, 5.74) is 3.97. The lowest BCUT2D eigenvalue weighted by molar-refractivity contribution is -0.135. The number of anilines is 3. The zero-order valence-corrected chi connectivity index (χ0v) is 18.5. The number of carbonyl (C=O) groups is 2. The van der Waals surface area contributed by atoms with Gasteiger partial charge in [0.05, 0.1) is 18.2 Å². The number of amidine groups is 1. The molecule has 1 amide bonds. The Morgan fingerprint density at radius 1 is 0.909 bits per heavy atom. The van der Waals surface area contributed by atoms with Crippen molar-refractivity contribution in [1.82, 2.24) is 5.32 Å². The highest BCUT2D eigenvalue weighted by Gasteiger charge is 2.25. The molecule has 1 aliphatic heterocycles. The second-order valence-corrected chi connectivity index (χ2v) is 7.87. The molecule has 1 heterocycles. The Morgan fingerprint density at radius 2 is 1.48 bits per heavy atom. The molecule has 3 aromatic carbocycles. The molecule has 1 saturated heterocycles. The summed E-state index contributed by atoms with van der Waals surface area (Å²) in [6.07, 6.45) is 2.72. The van der Waals surface area contributed by atoms with Crippen molar-refractivity contribution < 1.29 is 14.3 Å². The number of nitrogens with one attached hydrogen (secondary N) is 1. The zero-order chi connectivity index (χ0) is 23.0. The van der Waals surface area contributed by atoms with Gasteiger partial charge in [0.15, 0.2) is 5.17 Å².